The van der Waals surface area contributed by atoms with Crippen molar-refractivity contribution in [1.29, 1.82) is 0 Å². The molecule has 2 amide bonds. The number of benzene rings is 1. The van der Waals surface area contributed by atoms with E-state index in [1.54, 1.807) is 0 Å². The van der Waals surface area contributed by atoms with Crippen molar-refractivity contribution in [3.05, 3.63) is 54.4 Å². The van der Waals surface area contributed by atoms with Crippen LogP contribution in [0.1, 0.15) is 29.6 Å². The molecule has 0 saturated carbocycles. The first-order valence-corrected chi connectivity index (χ1v) is 8.03. The molecule has 1 aromatic carbocycles. The van der Waals surface area contributed by atoms with Crippen molar-refractivity contribution in [3.8, 4) is 5.69 Å². The number of nitrogens with one attached hydrogen (secondary N) is 1. The molecule has 0 unspecified atom stereocenters. The molecular formula is C18H21N3O2. The van der Waals surface area contributed by atoms with Crippen molar-refractivity contribution in [2.45, 2.75) is 19.3 Å². The van der Waals surface area contributed by atoms with E-state index >= 15 is 0 Å². The maximum atomic E-state index is 12.1. The van der Waals surface area contributed by atoms with Crippen LogP contribution in [0.2, 0.25) is 0 Å². The zero-order chi connectivity index (χ0) is 16.1. The third kappa shape index (κ3) is 3.80. The highest BCUT2D eigenvalue weighted by Crippen LogP contribution is 2.11. The second-order valence-electron chi connectivity index (χ2n) is 5.73. The molecule has 1 aromatic heterocycles. The highest BCUT2D eigenvalue weighted by Gasteiger charge is 2.17. The fourth-order valence-electron chi connectivity index (χ4n) is 2.80. The van der Waals surface area contributed by atoms with Crippen LogP contribution < -0.4 is 5.32 Å². The molecule has 1 fully saturated rings. The third-order valence-electron chi connectivity index (χ3n) is 4.12. The Balaban J connectivity index is 1.51. The normalized spacial score (nSPS) is 14.8. The highest BCUT2D eigenvalue weighted by atomic mass is 16.2. The van der Waals surface area contributed by atoms with Crippen molar-refractivity contribution in [2.75, 3.05) is 19.6 Å². The number of aromatic nitrogens is 1. The third-order valence-corrected chi connectivity index (χ3v) is 4.12. The van der Waals surface area contributed by atoms with E-state index < -0.39 is 0 Å². The number of hydrogen-bond acceptors (Lipinski definition) is 2. The molecule has 23 heavy (non-hydrogen) atoms. The average molecular weight is 311 g/mol. The van der Waals surface area contributed by atoms with E-state index in [0.29, 0.717) is 25.1 Å². The predicted molar refractivity (Wildman–Crippen MR) is 88.5 cm³/mol. The molecule has 3 rings (SSSR count). The topological polar surface area (TPSA) is 54.3 Å². The van der Waals surface area contributed by atoms with Crippen LogP contribution in [0.3, 0.4) is 0 Å². The van der Waals surface area contributed by atoms with Gasteiger partial charge in [0.1, 0.15) is 0 Å². The van der Waals surface area contributed by atoms with Crippen molar-refractivity contribution in [1.82, 2.24) is 14.8 Å². The summed E-state index contributed by atoms with van der Waals surface area (Å²) in [5.41, 5.74) is 1.65. The summed E-state index contributed by atoms with van der Waals surface area (Å²) in [4.78, 5) is 25.7. The molecule has 5 nitrogen and oxygen atoms in total. The molecule has 0 spiro atoms. The summed E-state index contributed by atoms with van der Waals surface area (Å²) in [6, 6.07) is 11.4. The number of hydrogen-bond donors (Lipinski definition) is 1. The van der Waals surface area contributed by atoms with Gasteiger partial charge in [-0.2, -0.15) is 0 Å². The fourth-order valence-corrected chi connectivity index (χ4v) is 2.80. The Bertz CT molecular complexity index is 662. The Morgan fingerprint density at radius 1 is 1.09 bits per heavy atom. The summed E-state index contributed by atoms with van der Waals surface area (Å²) >= 11 is 0. The lowest BCUT2D eigenvalue weighted by Crippen LogP contribution is -2.41. The minimum Gasteiger partial charge on any atom is -0.350 e. The number of amides is 2. The highest BCUT2D eigenvalue weighted by molar-refractivity contribution is 5.94. The van der Waals surface area contributed by atoms with E-state index in [0.717, 1.165) is 25.1 Å². The van der Waals surface area contributed by atoms with E-state index in [-0.39, 0.29) is 11.8 Å². The van der Waals surface area contributed by atoms with Gasteiger partial charge in [-0.3, -0.25) is 9.59 Å². The molecule has 5 heteroatoms. The zero-order valence-corrected chi connectivity index (χ0v) is 13.1. The number of carbonyl (C=O) groups is 2. The Kier molecular flexibility index (Phi) is 4.76. The molecule has 1 aliphatic rings. The van der Waals surface area contributed by atoms with E-state index in [1.165, 1.54) is 0 Å². The van der Waals surface area contributed by atoms with Gasteiger partial charge in [0.2, 0.25) is 5.91 Å². The summed E-state index contributed by atoms with van der Waals surface area (Å²) in [6.07, 6.45) is 6.60. The first kappa shape index (κ1) is 15.3. The molecule has 2 heterocycles. The van der Waals surface area contributed by atoms with Crippen molar-refractivity contribution < 1.29 is 9.59 Å². The van der Waals surface area contributed by atoms with Gasteiger partial charge in [-0.15, -0.1) is 0 Å². The molecule has 1 N–H and O–H groups in total. The van der Waals surface area contributed by atoms with Crippen molar-refractivity contribution in [2.24, 2.45) is 0 Å². The lowest BCUT2D eigenvalue weighted by Gasteiger charge is -2.26. The SMILES string of the molecule is O=C(NCCN1CCCCC1=O)c1ccc(-n2cccc2)cc1. The quantitative estimate of drug-likeness (QED) is 0.920. The summed E-state index contributed by atoms with van der Waals surface area (Å²) in [7, 11) is 0. The van der Waals surface area contributed by atoms with Gasteiger partial charge >= 0.3 is 0 Å². The molecular weight excluding hydrogens is 290 g/mol. The standard InChI is InChI=1S/C18H21N3O2/c22-17-5-1-2-13-21(17)14-10-19-18(23)15-6-8-16(9-7-15)20-11-3-4-12-20/h3-4,6-9,11-12H,1-2,5,10,13-14H2,(H,19,23). The molecule has 0 aliphatic carbocycles. The van der Waals surface area contributed by atoms with Crippen molar-refractivity contribution in [3.63, 3.8) is 0 Å². The van der Waals surface area contributed by atoms with Gasteiger partial charge in [-0.05, 0) is 49.2 Å². The van der Waals surface area contributed by atoms with Crippen LogP contribution in [0.25, 0.3) is 5.69 Å². The summed E-state index contributed by atoms with van der Waals surface area (Å²) in [5.74, 6) is 0.0927. The molecule has 2 aromatic rings. The minimum absolute atomic E-state index is 0.103. The van der Waals surface area contributed by atoms with Crippen molar-refractivity contribution >= 4 is 11.8 Å². The molecule has 0 atom stereocenters. The Morgan fingerprint density at radius 2 is 1.83 bits per heavy atom. The summed E-state index contributed by atoms with van der Waals surface area (Å²) in [5, 5.41) is 2.88. The van der Waals surface area contributed by atoms with Gasteiger partial charge in [0, 0.05) is 49.7 Å². The fraction of sp³-hybridized carbons (Fsp3) is 0.333. The van der Waals surface area contributed by atoms with Crippen LogP contribution in [0, 0.1) is 0 Å². The van der Waals surface area contributed by atoms with Crippen LogP contribution in [-0.2, 0) is 4.79 Å². The van der Waals surface area contributed by atoms with Gasteiger partial charge in [0.15, 0.2) is 0 Å². The molecule has 1 saturated heterocycles. The maximum absolute atomic E-state index is 12.1. The van der Waals surface area contributed by atoms with Crippen LogP contribution in [0.5, 0.6) is 0 Å². The van der Waals surface area contributed by atoms with Gasteiger partial charge < -0.3 is 14.8 Å². The first-order valence-electron chi connectivity index (χ1n) is 8.03. The van der Waals surface area contributed by atoms with E-state index in [4.69, 9.17) is 0 Å². The smallest absolute Gasteiger partial charge is 0.251 e. The lowest BCUT2D eigenvalue weighted by molar-refractivity contribution is -0.133. The monoisotopic (exact) mass is 311 g/mol. The van der Waals surface area contributed by atoms with Crippen LogP contribution in [-0.4, -0.2) is 40.9 Å². The second-order valence-corrected chi connectivity index (χ2v) is 5.73. The van der Waals surface area contributed by atoms with Gasteiger partial charge in [-0.25, -0.2) is 0 Å². The molecule has 120 valence electrons. The number of carbonyl (C=O) groups excluding carboxylic acids is 2. The summed E-state index contributed by atoms with van der Waals surface area (Å²) in [6.45, 7) is 1.89. The van der Waals surface area contributed by atoms with E-state index in [9.17, 15) is 9.59 Å². The summed E-state index contributed by atoms with van der Waals surface area (Å²) < 4.78 is 1.99. The largest absolute Gasteiger partial charge is 0.350 e. The van der Waals surface area contributed by atoms with Crippen LogP contribution in [0.15, 0.2) is 48.8 Å². The Morgan fingerprint density at radius 3 is 2.52 bits per heavy atom. The average Bonchev–Trinajstić information content (AvgIpc) is 3.11. The minimum atomic E-state index is -0.103. The lowest BCUT2D eigenvalue weighted by atomic mass is 10.1. The number of piperidine rings is 1. The van der Waals surface area contributed by atoms with E-state index in [2.05, 4.69) is 5.32 Å². The molecule has 0 bridgehead atoms. The maximum Gasteiger partial charge on any atom is 0.251 e. The molecule has 1 aliphatic heterocycles. The van der Waals surface area contributed by atoms with E-state index in [1.807, 2.05) is 58.3 Å². The number of rotatable bonds is 5. The van der Waals surface area contributed by atoms with Gasteiger partial charge in [0.05, 0.1) is 0 Å². The van der Waals surface area contributed by atoms with Crippen LogP contribution >= 0.6 is 0 Å². The zero-order valence-electron chi connectivity index (χ0n) is 13.1. The predicted octanol–water partition coefficient (Wildman–Crippen LogP) is 2.22. The Labute approximate surface area is 135 Å². The Hall–Kier alpha value is -2.56. The second kappa shape index (κ2) is 7.13. The van der Waals surface area contributed by atoms with Gasteiger partial charge in [0.25, 0.3) is 5.91 Å². The number of nitrogens with zero attached hydrogens (tertiary/aromatic N) is 2. The van der Waals surface area contributed by atoms with Gasteiger partial charge in [-0.1, -0.05) is 0 Å². The number of likely N-dealkylation sites (tertiary alicyclic amines) is 1. The van der Waals surface area contributed by atoms with Crippen LogP contribution in [0.4, 0.5) is 0 Å². The first-order chi connectivity index (χ1) is 11.2. The molecule has 0 radical (unpaired) electrons.